The highest BCUT2D eigenvalue weighted by Gasteiger charge is 2.45. The smallest absolute Gasteiger partial charge is 0.251 e. The van der Waals surface area contributed by atoms with E-state index in [1.165, 1.54) is 6.26 Å². The van der Waals surface area contributed by atoms with Crippen LogP contribution in [0.1, 0.15) is 56.8 Å². The Morgan fingerprint density at radius 3 is 1.93 bits per heavy atom. The van der Waals surface area contributed by atoms with Crippen molar-refractivity contribution in [3.63, 3.8) is 0 Å². The van der Waals surface area contributed by atoms with Crippen molar-refractivity contribution in [3.05, 3.63) is 17.7 Å². The second kappa shape index (κ2) is 9.43. The van der Waals surface area contributed by atoms with Crippen LogP contribution < -0.4 is 19.5 Å². The maximum atomic E-state index is 13.0. The molecule has 2 fully saturated rings. The molecule has 2 saturated heterocycles. The van der Waals surface area contributed by atoms with Crippen LogP contribution in [0.15, 0.2) is 12.1 Å². The number of amides is 1. The van der Waals surface area contributed by atoms with Crippen LogP contribution in [0.4, 0.5) is 0 Å². The first-order valence-corrected chi connectivity index (χ1v) is 12.5. The monoisotopic (exact) mass is 440 g/mol. The molecular weight excluding hydrogens is 408 g/mol. The summed E-state index contributed by atoms with van der Waals surface area (Å²) >= 11 is 0. The summed E-state index contributed by atoms with van der Waals surface area (Å²) in [6, 6.07) is 3.20. The van der Waals surface area contributed by atoms with Crippen molar-refractivity contribution in [1.82, 2.24) is 9.62 Å². The standard InChI is InChI=1S/C21H32N2O6S/c1-5-27-18-10-14(11-19(28-6-2)20(18)29-7-3)21(24)22-15-12-16-8-9-17(13-15)23(16)30(4,25)26/h10-11,15-17H,5-9,12-13H2,1-4H3,(H,22,24). The van der Waals surface area contributed by atoms with Crippen LogP contribution in [0, 0.1) is 0 Å². The zero-order chi connectivity index (χ0) is 21.9. The second-order valence-electron chi connectivity index (χ2n) is 7.72. The molecule has 2 unspecified atom stereocenters. The van der Waals surface area contributed by atoms with Gasteiger partial charge in [-0.05, 0) is 58.6 Å². The number of nitrogens with one attached hydrogen (secondary N) is 1. The first-order valence-electron chi connectivity index (χ1n) is 10.6. The van der Waals surface area contributed by atoms with Gasteiger partial charge in [0.15, 0.2) is 11.5 Å². The summed E-state index contributed by atoms with van der Waals surface area (Å²) in [5, 5.41) is 3.09. The second-order valence-corrected chi connectivity index (χ2v) is 9.61. The molecule has 1 N–H and O–H groups in total. The van der Waals surface area contributed by atoms with E-state index in [1.807, 2.05) is 20.8 Å². The molecule has 2 aliphatic rings. The number of carbonyl (C=O) groups is 1. The van der Waals surface area contributed by atoms with Crippen LogP contribution in [-0.4, -0.2) is 62.8 Å². The summed E-state index contributed by atoms with van der Waals surface area (Å²) in [6.07, 6.45) is 4.21. The molecule has 168 valence electrons. The van der Waals surface area contributed by atoms with Crippen LogP contribution in [0.25, 0.3) is 0 Å². The van der Waals surface area contributed by atoms with Crippen LogP contribution in [0.2, 0.25) is 0 Å². The van der Waals surface area contributed by atoms with Crippen molar-refractivity contribution in [2.75, 3.05) is 26.1 Å². The predicted molar refractivity (Wildman–Crippen MR) is 114 cm³/mol. The van der Waals surface area contributed by atoms with E-state index in [0.29, 0.717) is 55.5 Å². The molecule has 0 saturated carbocycles. The lowest BCUT2D eigenvalue weighted by Crippen LogP contribution is -2.52. The van der Waals surface area contributed by atoms with E-state index >= 15 is 0 Å². The van der Waals surface area contributed by atoms with Gasteiger partial charge in [0, 0.05) is 23.7 Å². The molecule has 0 spiro atoms. The zero-order valence-corrected chi connectivity index (χ0v) is 19.0. The summed E-state index contributed by atoms with van der Waals surface area (Å²) in [4.78, 5) is 13.0. The normalized spacial score (nSPS) is 23.8. The topological polar surface area (TPSA) is 94.2 Å². The van der Waals surface area contributed by atoms with Crippen molar-refractivity contribution in [3.8, 4) is 17.2 Å². The van der Waals surface area contributed by atoms with E-state index < -0.39 is 10.0 Å². The third-order valence-corrected chi connectivity index (χ3v) is 6.92. The number of hydrogen-bond donors (Lipinski definition) is 1. The number of ether oxygens (including phenoxy) is 3. The van der Waals surface area contributed by atoms with Gasteiger partial charge in [-0.25, -0.2) is 8.42 Å². The molecule has 2 aliphatic heterocycles. The van der Waals surface area contributed by atoms with Crippen LogP contribution >= 0.6 is 0 Å². The molecule has 1 aromatic carbocycles. The molecule has 0 radical (unpaired) electrons. The maximum absolute atomic E-state index is 13.0. The average molecular weight is 441 g/mol. The van der Waals surface area contributed by atoms with Gasteiger partial charge in [-0.15, -0.1) is 0 Å². The number of rotatable bonds is 9. The highest BCUT2D eigenvalue weighted by Crippen LogP contribution is 2.40. The summed E-state index contributed by atoms with van der Waals surface area (Å²) in [6.45, 7) is 6.94. The molecular formula is C21H32N2O6S. The number of hydrogen-bond acceptors (Lipinski definition) is 6. The fourth-order valence-electron chi connectivity index (χ4n) is 4.58. The number of nitrogens with zero attached hydrogens (tertiary/aromatic N) is 1. The Bertz CT molecular complexity index is 831. The van der Waals surface area contributed by atoms with Gasteiger partial charge in [0.25, 0.3) is 5.91 Å². The largest absolute Gasteiger partial charge is 0.490 e. The van der Waals surface area contributed by atoms with Gasteiger partial charge >= 0.3 is 0 Å². The third kappa shape index (κ3) is 4.83. The Kier molecular flexibility index (Phi) is 7.13. The van der Waals surface area contributed by atoms with E-state index in [1.54, 1.807) is 16.4 Å². The minimum Gasteiger partial charge on any atom is -0.490 e. The fourth-order valence-corrected chi connectivity index (χ4v) is 6.05. The lowest BCUT2D eigenvalue weighted by atomic mass is 9.99. The van der Waals surface area contributed by atoms with E-state index in [-0.39, 0.29) is 24.0 Å². The van der Waals surface area contributed by atoms with E-state index in [2.05, 4.69) is 5.32 Å². The third-order valence-electron chi connectivity index (χ3n) is 5.56. The van der Waals surface area contributed by atoms with Gasteiger partial charge < -0.3 is 19.5 Å². The first kappa shape index (κ1) is 22.7. The highest BCUT2D eigenvalue weighted by atomic mass is 32.2. The number of carbonyl (C=O) groups excluding carboxylic acids is 1. The summed E-state index contributed by atoms with van der Waals surface area (Å²) in [7, 11) is -3.23. The van der Waals surface area contributed by atoms with Crippen molar-refractivity contribution >= 4 is 15.9 Å². The highest BCUT2D eigenvalue weighted by molar-refractivity contribution is 7.88. The zero-order valence-electron chi connectivity index (χ0n) is 18.1. The summed E-state index contributed by atoms with van der Waals surface area (Å²) < 4.78 is 42.9. The van der Waals surface area contributed by atoms with Crippen molar-refractivity contribution in [1.29, 1.82) is 0 Å². The minimum atomic E-state index is -3.23. The minimum absolute atomic E-state index is 0.0395. The van der Waals surface area contributed by atoms with Crippen LogP contribution in [0.3, 0.4) is 0 Å². The average Bonchev–Trinajstić information content (AvgIpc) is 2.96. The molecule has 2 atom stereocenters. The molecule has 9 heteroatoms. The number of sulfonamides is 1. The van der Waals surface area contributed by atoms with Crippen LogP contribution in [0.5, 0.6) is 17.2 Å². The maximum Gasteiger partial charge on any atom is 0.251 e. The van der Waals surface area contributed by atoms with E-state index in [9.17, 15) is 13.2 Å². The molecule has 30 heavy (non-hydrogen) atoms. The Morgan fingerprint density at radius 2 is 1.50 bits per heavy atom. The number of fused-ring (bicyclic) bond motifs is 2. The lowest BCUT2D eigenvalue weighted by Gasteiger charge is -2.37. The molecule has 8 nitrogen and oxygen atoms in total. The molecule has 2 heterocycles. The Balaban J connectivity index is 1.78. The molecule has 1 aromatic rings. The van der Waals surface area contributed by atoms with Gasteiger partial charge in [0.05, 0.1) is 26.1 Å². The van der Waals surface area contributed by atoms with Crippen LogP contribution in [-0.2, 0) is 10.0 Å². The summed E-state index contributed by atoms with van der Waals surface area (Å²) in [5.74, 6) is 1.22. The van der Waals surface area contributed by atoms with Gasteiger partial charge in [-0.3, -0.25) is 4.79 Å². The van der Waals surface area contributed by atoms with E-state index in [4.69, 9.17) is 14.2 Å². The van der Waals surface area contributed by atoms with Crippen molar-refractivity contribution in [2.24, 2.45) is 0 Å². The number of piperidine rings is 1. The van der Waals surface area contributed by atoms with Gasteiger partial charge in [-0.2, -0.15) is 4.31 Å². The Morgan fingerprint density at radius 1 is 1.00 bits per heavy atom. The lowest BCUT2D eigenvalue weighted by molar-refractivity contribution is 0.0908. The van der Waals surface area contributed by atoms with Crippen molar-refractivity contribution in [2.45, 2.75) is 64.6 Å². The molecule has 0 aliphatic carbocycles. The SMILES string of the molecule is CCOc1cc(C(=O)NC2CC3CCC(C2)N3S(C)(=O)=O)cc(OCC)c1OCC. The molecule has 3 rings (SSSR count). The predicted octanol–water partition coefficient (Wildman–Crippen LogP) is 2.57. The molecule has 0 aromatic heterocycles. The summed E-state index contributed by atoms with van der Waals surface area (Å²) in [5.41, 5.74) is 0.434. The fraction of sp³-hybridized carbons (Fsp3) is 0.667. The number of benzene rings is 1. The quantitative estimate of drug-likeness (QED) is 0.634. The van der Waals surface area contributed by atoms with Gasteiger partial charge in [-0.1, -0.05) is 0 Å². The van der Waals surface area contributed by atoms with Gasteiger partial charge in [0.1, 0.15) is 0 Å². The van der Waals surface area contributed by atoms with E-state index in [0.717, 1.165) is 12.8 Å². The Hall–Kier alpha value is -2.00. The van der Waals surface area contributed by atoms with Crippen molar-refractivity contribution < 1.29 is 27.4 Å². The Labute approximate surface area is 178 Å². The molecule has 1 amide bonds. The van der Waals surface area contributed by atoms with Gasteiger partial charge in [0.2, 0.25) is 15.8 Å². The first-order chi connectivity index (χ1) is 14.3. The molecule has 2 bridgehead atoms.